The van der Waals surface area contributed by atoms with Gasteiger partial charge in [0.1, 0.15) is 0 Å². The van der Waals surface area contributed by atoms with Crippen LogP contribution in [0.3, 0.4) is 0 Å². The van der Waals surface area contributed by atoms with E-state index in [4.69, 9.17) is 4.74 Å². The van der Waals surface area contributed by atoms with Gasteiger partial charge in [-0.3, -0.25) is 0 Å². The molecule has 2 atom stereocenters. The summed E-state index contributed by atoms with van der Waals surface area (Å²) in [4.78, 5) is 0. The van der Waals surface area contributed by atoms with Crippen molar-refractivity contribution < 1.29 is 4.74 Å². The molecule has 0 fully saturated rings. The summed E-state index contributed by atoms with van der Waals surface area (Å²) in [6.45, 7) is 11.0. The average Bonchev–Trinajstić information content (AvgIpc) is 2.08. The highest BCUT2D eigenvalue weighted by Crippen LogP contribution is 2.27. The maximum Gasteiger partial charge on any atom is 0.0610 e. The number of allylic oxidation sites excluding steroid dienone is 2. The highest BCUT2D eigenvalue weighted by atomic mass is 16.5. The molecule has 0 aromatic rings. The lowest BCUT2D eigenvalue weighted by Crippen LogP contribution is -2.32. The number of rotatable bonds is 1. The molecule has 0 aromatic heterocycles. The molecule has 0 saturated heterocycles. The van der Waals surface area contributed by atoms with E-state index in [0.29, 0.717) is 12.0 Å². The SMILES string of the molecule is CC1=CCCC(C)C(OC(C)(C)C)CC1. The Morgan fingerprint density at radius 3 is 2.53 bits per heavy atom. The van der Waals surface area contributed by atoms with Crippen LogP contribution in [0.15, 0.2) is 11.6 Å². The summed E-state index contributed by atoms with van der Waals surface area (Å²) in [5, 5.41) is 0. The molecular formula is C14H26O. The third-order valence-electron chi connectivity index (χ3n) is 3.08. The van der Waals surface area contributed by atoms with Gasteiger partial charge in [-0.05, 0) is 59.3 Å². The number of hydrogen-bond acceptors (Lipinski definition) is 1. The van der Waals surface area contributed by atoms with Crippen molar-refractivity contribution >= 4 is 0 Å². The highest BCUT2D eigenvalue weighted by molar-refractivity contribution is 5.00. The topological polar surface area (TPSA) is 9.23 Å². The number of hydrogen-bond donors (Lipinski definition) is 0. The molecule has 0 spiro atoms. The third-order valence-corrected chi connectivity index (χ3v) is 3.08. The predicted molar refractivity (Wildman–Crippen MR) is 66.0 cm³/mol. The van der Waals surface area contributed by atoms with E-state index in [-0.39, 0.29) is 5.60 Å². The Hall–Kier alpha value is -0.300. The minimum Gasteiger partial charge on any atom is -0.372 e. The van der Waals surface area contributed by atoms with E-state index in [1.54, 1.807) is 0 Å². The largest absolute Gasteiger partial charge is 0.372 e. The fourth-order valence-electron chi connectivity index (χ4n) is 2.16. The Morgan fingerprint density at radius 1 is 1.27 bits per heavy atom. The van der Waals surface area contributed by atoms with E-state index in [9.17, 15) is 0 Å². The van der Waals surface area contributed by atoms with Gasteiger partial charge in [0.25, 0.3) is 0 Å². The van der Waals surface area contributed by atoms with E-state index in [2.05, 4.69) is 40.7 Å². The van der Waals surface area contributed by atoms with Crippen LogP contribution in [-0.4, -0.2) is 11.7 Å². The van der Waals surface area contributed by atoms with E-state index < -0.39 is 0 Å². The maximum absolute atomic E-state index is 6.15. The lowest BCUT2D eigenvalue weighted by Gasteiger charge is -2.32. The predicted octanol–water partition coefficient (Wildman–Crippen LogP) is 4.33. The Balaban J connectivity index is 2.58. The summed E-state index contributed by atoms with van der Waals surface area (Å²) in [6.07, 6.45) is 7.69. The molecule has 88 valence electrons. The lowest BCUT2D eigenvalue weighted by atomic mass is 9.90. The van der Waals surface area contributed by atoms with Crippen LogP contribution in [0.25, 0.3) is 0 Å². The molecule has 1 aliphatic rings. The molecular weight excluding hydrogens is 184 g/mol. The van der Waals surface area contributed by atoms with Crippen molar-refractivity contribution in [1.29, 1.82) is 0 Å². The summed E-state index contributed by atoms with van der Waals surface area (Å²) >= 11 is 0. The van der Waals surface area contributed by atoms with Crippen LogP contribution in [-0.2, 0) is 4.74 Å². The summed E-state index contributed by atoms with van der Waals surface area (Å²) in [6, 6.07) is 0. The zero-order valence-electron chi connectivity index (χ0n) is 11.0. The monoisotopic (exact) mass is 210 g/mol. The van der Waals surface area contributed by atoms with Gasteiger partial charge in [0.2, 0.25) is 0 Å². The quantitative estimate of drug-likeness (QED) is 0.585. The molecule has 1 heteroatoms. The molecule has 0 aromatic carbocycles. The maximum atomic E-state index is 6.15. The molecule has 0 bridgehead atoms. The van der Waals surface area contributed by atoms with Crippen LogP contribution >= 0.6 is 0 Å². The fraction of sp³-hybridized carbons (Fsp3) is 0.857. The van der Waals surface area contributed by atoms with Crippen LogP contribution in [0.1, 0.15) is 60.3 Å². The van der Waals surface area contributed by atoms with Crippen molar-refractivity contribution in [2.24, 2.45) is 5.92 Å². The Labute approximate surface area is 94.9 Å². The van der Waals surface area contributed by atoms with E-state index in [1.165, 1.54) is 31.3 Å². The van der Waals surface area contributed by atoms with Gasteiger partial charge in [0, 0.05) is 0 Å². The first kappa shape index (κ1) is 12.8. The molecule has 0 radical (unpaired) electrons. The van der Waals surface area contributed by atoms with E-state index in [1.807, 2.05) is 0 Å². The Morgan fingerprint density at radius 2 is 1.93 bits per heavy atom. The van der Waals surface area contributed by atoms with Crippen molar-refractivity contribution in [2.75, 3.05) is 0 Å². The number of ether oxygens (including phenoxy) is 1. The molecule has 0 saturated carbocycles. The minimum atomic E-state index is -0.00422. The Bertz CT molecular complexity index is 222. The van der Waals surface area contributed by atoms with Gasteiger partial charge in [-0.2, -0.15) is 0 Å². The van der Waals surface area contributed by atoms with Crippen molar-refractivity contribution in [1.82, 2.24) is 0 Å². The summed E-state index contributed by atoms with van der Waals surface area (Å²) in [5.41, 5.74) is 1.53. The first-order valence-corrected chi connectivity index (χ1v) is 6.22. The highest BCUT2D eigenvalue weighted by Gasteiger charge is 2.24. The van der Waals surface area contributed by atoms with Crippen molar-refractivity contribution in [3.05, 3.63) is 11.6 Å². The van der Waals surface area contributed by atoms with Crippen LogP contribution in [0.5, 0.6) is 0 Å². The van der Waals surface area contributed by atoms with Gasteiger partial charge in [0.15, 0.2) is 0 Å². The van der Waals surface area contributed by atoms with Gasteiger partial charge < -0.3 is 4.74 Å². The average molecular weight is 210 g/mol. The summed E-state index contributed by atoms with van der Waals surface area (Å²) < 4.78 is 6.15. The normalized spacial score (nSPS) is 29.3. The molecule has 1 rings (SSSR count). The molecule has 0 amide bonds. The van der Waals surface area contributed by atoms with Crippen LogP contribution in [0.4, 0.5) is 0 Å². The first-order chi connectivity index (χ1) is 6.88. The standard InChI is InChI=1S/C14H26O/c1-11-7-6-8-12(2)13(10-9-11)15-14(3,4)5/h7,12-13H,6,8-10H2,1-5H3. The van der Waals surface area contributed by atoms with Gasteiger partial charge in [-0.25, -0.2) is 0 Å². The van der Waals surface area contributed by atoms with Crippen LogP contribution in [0, 0.1) is 5.92 Å². The first-order valence-electron chi connectivity index (χ1n) is 6.22. The molecule has 0 aliphatic heterocycles. The van der Waals surface area contributed by atoms with Crippen molar-refractivity contribution in [2.45, 2.75) is 72.0 Å². The molecule has 2 unspecified atom stereocenters. The molecule has 15 heavy (non-hydrogen) atoms. The molecule has 0 heterocycles. The molecule has 0 N–H and O–H groups in total. The second kappa shape index (κ2) is 5.16. The van der Waals surface area contributed by atoms with E-state index >= 15 is 0 Å². The fourth-order valence-corrected chi connectivity index (χ4v) is 2.16. The van der Waals surface area contributed by atoms with Gasteiger partial charge >= 0.3 is 0 Å². The van der Waals surface area contributed by atoms with Crippen LogP contribution in [0.2, 0.25) is 0 Å². The minimum absolute atomic E-state index is 0.00422. The molecule has 1 nitrogen and oxygen atoms in total. The second-order valence-electron chi connectivity index (χ2n) is 5.91. The van der Waals surface area contributed by atoms with Crippen molar-refractivity contribution in [3.8, 4) is 0 Å². The van der Waals surface area contributed by atoms with Gasteiger partial charge in [-0.1, -0.05) is 18.6 Å². The summed E-state index contributed by atoms with van der Waals surface area (Å²) in [7, 11) is 0. The lowest BCUT2D eigenvalue weighted by molar-refractivity contribution is -0.0866. The summed E-state index contributed by atoms with van der Waals surface area (Å²) in [5.74, 6) is 0.688. The van der Waals surface area contributed by atoms with E-state index in [0.717, 1.165) is 0 Å². The molecule has 1 aliphatic carbocycles. The Kier molecular flexibility index (Phi) is 4.39. The zero-order chi connectivity index (χ0) is 11.5. The smallest absolute Gasteiger partial charge is 0.0610 e. The second-order valence-corrected chi connectivity index (χ2v) is 5.91. The van der Waals surface area contributed by atoms with Crippen LogP contribution < -0.4 is 0 Å². The van der Waals surface area contributed by atoms with Crippen molar-refractivity contribution in [3.63, 3.8) is 0 Å². The third kappa shape index (κ3) is 4.83. The van der Waals surface area contributed by atoms with Gasteiger partial charge in [-0.15, -0.1) is 0 Å². The zero-order valence-corrected chi connectivity index (χ0v) is 11.0. The van der Waals surface area contributed by atoms with Gasteiger partial charge in [0.05, 0.1) is 11.7 Å².